The zero-order valence-electron chi connectivity index (χ0n) is 5.79. The van der Waals surface area contributed by atoms with Crippen LogP contribution >= 0.6 is 0 Å². The monoisotopic (exact) mass is 137 g/mol. The van der Waals surface area contributed by atoms with Gasteiger partial charge in [-0.3, -0.25) is 0 Å². The van der Waals surface area contributed by atoms with E-state index in [1.54, 1.807) is 0 Å². The second-order valence-electron chi connectivity index (χ2n) is 2.80. The number of allylic oxidation sites excluding steroid dienone is 2. The summed E-state index contributed by atoms with van der Waals surface area (Å²) in [6.45, 7) is 0.855. The summed E-state index contributed by atoms with van der Waals surface area (Å²) in [4.78, 5) is 0. The molecule has 0 spiro atoms. The van der Waals surface area contributed by atoms with Gasteiger partial charge in [0.1, 0.15) is 6.10 Å². The van der Waals surface area contributed by atoms with Crippen LogP contribution in [0.1, 0.15) is 6.42 Å². The van der Waals surface area contributed by atoms with E-state index >= 15 is 0 Å². The molecule has 2 nitrogen and oxygen atoms in total. The van der Waals surface area contributed by atoms with E-state index in [4.69, 9.17) is 10.5 Å². The van der Waals surface area contributed by atoms with E-state index in [9.17, 15) is 0 Å². The Morgan fingerprint density at radius 3 is 3.30 bits per heavy atom. The number of hydrogen-bond acceptors (Lipinski definition) is 2. The maximum Gasteiger partial charge on any atom is 0.103 e. The molecular weight excluding hydrogens is 126 g/mol. The molecule has 54 valence electrons. The molecule has 1 aliphatic carbocycles. The average molecular weight is 137 g/mol. The van der Waals surface area contributed by atoms with Gasteiger partial charge in [-0.05, 0) is 12.5 Å². The molecule has 10 heavy (non-hydrogen) atoms. The fourth-order valence-electron chi connectivity index (χ4n) is 1.55. The first-order valence-corrected chi connectivity index (χ1v) is 3.63. The van der Waals surface area contributed by atoms with Crippen molar-refractivity contribution in [2.45, 2.75) is 12.5 Å². The summed E-state index contributed by atoms with van der Waals surface area (Å²) < 4.78 is 5.42. The Bertz CT molecular complexity index is 195. The second kappa shape index (κ2) is 2.13. The van der Waals surface area contributed by atoms with Gasteiger partial charge >= 0.3 is 0 Å². The molecule has 1 fully saturated rings. The quantitative estimate of drug-likeness (QED) is 0.536. The molecule has 0 aromatic carbocycles. The Hall–Kier alpha value is -0.760. The zero-order valence-corrected chi connectivity index (χ0v) is 5.79. The van der Waals surface area contributed by atoms with Crippen LogP contribution in [0.4, 0.5) is 0 Å². The highest BCUT2D eigenvalue weighted by atomic mass is 16.5. The Morgan fingerprint density at radius 2 is 2.50 bits per heavy atom. The van der Waals surface area contributed by atoms with Gasteiger partial charge in [-0.25, -0.2) is 0 Å². The van der Waals surface area contributed by atoms with Gasteiger partial charge < -0.3 is 10.5 Å². The van der Waals surface area contributed by atoms with Crippen molar-refractivity contribution in [1.82, 2.24) is 0 Å². The normalized spacial score (nSPS) is 37.4. The van der Waals surface area contributed by atoms with Crippen LogP contribution in [0.3, 0.4) is 0 Å². The van der Waals surface area contributed by atoms with Crippen molar-refractivity contribution in [2.24, 2.45) is 11.7 Å². The highest BCUT2D eigenvalue weighted by molar-refractivity contribution is 5.23. The van der Waals surface area contributed by atoms with Gasteiger partial charge in [0.2, 0.25) is 0 Å². The minimum absolute atomic E-state index is 0.185. The topological polar surface area (TPSA) is 35.2 Å². The van der Waals surface area contributed by atoms with Crippen molar-refractivity contribution >= 4 is 0 Å². The molecule has 0 aromatic heterocycles. The first kappa shape index (κ1) is 5.98. The summed E-state index contributed by atoms with van der Waals surface area (Å²) in [5.74, 6) is 0.546. The maximum atomic E-state index is 5.70. The van der Waals surface area contributed by atoms with E-state index in [0.29, 0.717) is 5.92 Å². The van der Waals surface area contributed by atoms with E-state index in [1.807, 2.05) is 12.2 Å². The molecule has 2 N–H and O–H groups in total. The summed E-state index contributed by atoms with van der Waals surface area (Å²) in [5, 5.41) is 0. The molecule has 1 aliphatic heterocycles. The molecule has 2 rings (SSSR count). The first-order valence-electron chi connectivity index (χ1n) is 3.63. The lowest BCUT2D eigenvalue weighted by Crippen LogP contribution is -2.24. The van der Waals surface area contributed by atoms with Crippen molar-refractivity contribution in [3.05, 3.63) is 23.9 Å². The highest BCUT2D eigenvalue weighted by Crippen LogP contribution is 2.28. The van der Waals surface area contributed by atoms with Gasteiger partial charge in [0.15, 0.2) is 0 Å². The number of hydrogen-bond donors (Lipinski definition) is 1. The number of fused-ring (bicyclic) bond motifs is 1. The Labute approximate surface area is 60.4 Å². The minimum atomic E-state index is 0.185. The van der Waals surface area contributed by atoms with Gasteiger partial charge in [0.05, 0.1) is 0 Å². The molecular formula is C8H11NO. The number of ether oxygens (including phenoxy) is 1. The fraction of sp³-hybridized carbons (Fsp3) is 0.500. The number of rotatable bonds is 0. The largest absolute Gasteiger partial charge is 0.400 e. The molecule has 2 aliphatic rings. The van der Waals surface area contributed by atoms with Gasteiger partial charge in [0, 0.05) is 18.2 Å². The SMILES string of the molecule is NC1=CC=CC2CCOC12. The van der Waals surface area contributed by atoms with Crippen LogP contribution in [0.2, 0.25) is 0 Å². The predicted molar refractivity (Wildman–Crippen MR) is 39.3 cm³/mol. The van der Waals surface area contributed by atoms with Crippen molar-refractivity contribution in [3.8, 4) is 0 Å². The second-order valence-corrected chi connectivity index (χ2v) is 2.80. The molecule has 1 heterocycles. The van der Waals surface area contributed by atoms with E-state index in [2.05, 4.69) is 6.08 Å². The fourth-order valence-corrected chi connectivity index (χ4v) is 1.55. The summed E-state index contributed by atoms with van der Waals surface area (Å²) in [6, 6.07) is 0. The third kappa shape index (κ3) is 0.762. The minimum Gasteiger partial charge on any atom is -0.400 e. The summed E-state index contributed by atoms with van der Waals surface area (Å²) in [5.41, 5.74) is 6.58. The summed E-state index contributed by atoms with van der Waals surface area (Å²) in [6.07, 6.45) is 7.42. The lowest BCUT2D eigenvalue weighted by Gasteiger charge is -2.18. The van der Waals surface area contributed by atoms with Crippen LogP contribution in [0.15, 0.2) is 23.9 Å². The van der Waals surface area contributed by atoms with Crippen LogP contribution < -0.4 is 5.73 Å². The molecule has 0 bridgehead atoms. The molecule has 0 aromatic rings. The van der Waals surface area contributed by atoms with Crippen LogP contribution in [-0.4, -0.2) is 12.7 Å². The van der Waals surface area contributed by atoms with E-state index < -0.39 is 0 Å². The van der Waals surface area contributed by atoms with Crippen LogP contribution in [-0.2, 0) is 4.74 Å². The third-order valence-corrected chi connectivity index (χ3v) is 2.11. The van der Waals surface area contributed by atoms with E-state index in [0.717, 1.165) is 18.7 Å². The van der Waals surface area contributed by atoms with Crippen molar-refractivity contribution in [2.75, 3.05) is 6.61 Å². The molecule has 0 amide bonds. The van der Waals surface area contributed by atoms with Crippen molar-refractivity contribution in [3.63, 3.8) is 0 Å². The zero-order chi connectivity index (χ0) is 6.97. The molecule has 2 heteroatoms. The molecule has 2 atom stereocenters. The maximum absolute atomic E-state index is 5.70. The summed E-state index contributed by atoms with van der Waals surface area (Å²) >= 11 is 0. The standard InChI is InChI=1S/C8H11NO/c9-7-3-1-2-6-4-5-10-8(6)7/h1-3,6,8H,4-5,9H2. The lowest BCUT2D eigenvalue weighted by molar-refractivity contribution is 0.124. The molecule has 2 unspecified atom stereocenters. The number of nitrogens with two attached hydrogens (primary N) is 1. The average Bonchev–Trinajstić information content (AvgIpc) is 2.36. The predicted octanol–water partition coefficient (Wildman–Crippen LogP) is 0.804. The van der Waals surface area contributed by atoms with Crippen LogP contribution in [0, 0.1) is 5.92 Å². The van der Waals surface area contributed by atoms with Crippen LogP contribution in [0.5, 0.6) is 0 Å². The van der Waals surface area contributed by atoms with Gasteiger partial charge in [-0.15, -0.1) is 0 Å². The van der Waals surface area contributed by atoms with Crippen molar-refractivity contribution < 1.29 is 4.74 Å². The van der Waals surface area contributed by atoms with Crippen molar-refractivity contribution in [1.29, 1.82) is 0 Å². The van der Waals surface area contributed by atoms with Gasteiger partial charge in [0.25, 0.3) is 0 Å². The third-order valence-electron chi connectivity index (χ3n) is 2.11. The van der Waals surface area contributed by atoms with Crippen LogP contribution in [0.25, 0.3) is 0 Å². The molecule has 0 saturated carbocycles. The Balaban J connectivity index is 2.24. The van der Waals surface area contributed by atoms with Gasteiger partial charge in [-0.1, -0.05) is 12.2 Å². The first-order chi connectivity index (χ1) is 4.88. The summed E-state index contributed by atoms with van der Waals surface area (Å²) in [7, 11) is 0. The molecule has 0 radical (unpaired) electrons. The van der Waals surface area contributed by atoms with Gasteiger partial charge in [-0.2, -0.15) is 0 Å². The molecule has 1 saturated heterocycles. The smallest absolute Gasteiger partial charge is 0.103 e. The highest BCUT2D eigenvalue weighted by Gasteiger charge is 2.29. The Kier molecular flexibility index (Phi) is 1.27. The Morgan fingerprint density at radius 1 is 1.60 bits per heavy atom. The lowest BCUT2D eigenvalue weighted by atomic mass is 9.95. The van der Waals surface area contributed by atoms with E-state index in [-0.39, 0.29) is 6.10 Å². The van der Waals surface area contributed by atoms with E-state index in [1.165, 1.54) is 0 Å².